The molecule has 2 rings (SSSR count). The molecular formula is C14H18INO2. The summed E-state index contributed by atoms with van der Waals surface area (Å²) in [7, 11) is 1.74. The lowest BCUT2D eigenvalue weighted by Crippen LogP contribution is -2.28. The summed E-state index contributed by atoms with van der Waals surface area (Å²) < 4.78 is 6.32. The Bertz CT molecular complexity index is 405. The van der Waals surface area contributed by atoms with E-state index < -0.39 is 0 Å². The van der Waals surface area contributed by atoms with Crippen molar-refractivity contribution in [3.63, 3.8) is 0 Å². The van der Waals surface area contributed by atoms with Crippen LogP contribution in [0.5, 0.6) is 0 Å². The first-order valence-electron chi connectivity index (χ1n) is 6.19. The number of halogens is 1. The number of likely N-dealkylation sites (tertiary alicyclic amines) is 1. The molecule has 1 aliphatic heterocycles. The van der Waals surface area contributed by atoms with Gasteiger partial charge in [-0.3, -0.25) is 9.69 Å². The summed E-state index contributed by atoms with van der Waals surface area (Å²) in [4.78, 5) is 14.3. The van der Waals surface area contributed by atoms with Crippen LogP contribution in [-0.2, 0) is 4.74 Å². The fourth-order valence-electron chi connectivity index (χ4n) is 2.36. The van der Waals surface area contributed by atoms with Crippen LogP contribution in [0, 0.1) is 9.49 Å². The van der Waals surface area contributed by atoms with E-state index in [2.05, 4.69) is 27.5 Å². The second-order valence-corrected chi connectivity index (χ2v) is 6.02. The van der Waals surface area contributed by atoms with Gasteiger partial charge in [0, 0.05) is 22.8 Å². The average Bonchev–Trinajstić information content (AvgIpc) is 2.78. The number of benzene rings is 1. The van der Waals surface area contributed by atoms with Gasteiger partial charge in [0.05, 0.1) is 13.2 Å². The van der Waals surface area contributed by atoms with Crippen LogP contribution >= 0.6 is 22.6 Å². The van der Waals surface area contributed by atoms with E-state index in [0.29, 0.717) is 12.5 Å². The lowest BCUT2D eigenvalue weighted by molar-refractivity contribution is 0.0937. The van der Waals surface area contributed by atoms with Gasteiger partial charge in [-0.2, -0.15) is 0 Å². The van der Waals surface area contributed by atoms with E-state index in [1.807, 2.05) is 24.3 Å². The lowest BCUT2D eigenvalue weighted by atomic mass is 10.1. The third kappa shape index (κ3) is 3.76. The van der Waals surface area contributed by atoms with Gasteiger partial charge in [-0.25, -0.2) is 0 Å². The minimum Gasteiger partial charge on any atom is -0.384 e. The molecule has 1 aliphatic rings. The first-order valence-corrected chi connectivity index (χ1v) is 7.27. The SMILES string of the molecule is COCC1CCN(CC(=O)c2ccc(I)cc2)C1. The van der Waals surface area contributed by atoms with Gasteiger partial charge in [0.2, 0.25) is 0 Å². The Hall–Kier alpha value is -0.460. The van der Waals surface area contributed by atoms with Crippen LogP contribution in [0.2, 0.25) is 0 Å². The van der Waals surface area contributed by atoms with Gasteiger partial charge in [-0.15, -0.1) is 0 Å². The van der Waals surface area contributed by atoms with Gasteiger partial charge in [0.25, 0.3) is 0 Å². The highest BCUT2D eigenvalue weighted by Crippen LogP contribution is 2.17. The standard InChI is InChI=1S/C14H18INO2/c1-18-10-11-6-7-16(8-11)9-14(17)12-2-4-13(15)5-3-12/h2-5,11H,6-10H2,1H3. The molecule has 4 heteroatoms. The molecule has 0 amide bonds. The van der Waals surface area contributed by atoms with E-state index in [-0.39, 0.29) is 5.78 Å². The van der Waals surface area contributed by atoms with Gasteiger partial charge in [-0.1, -0.05) is 12.1 Å². The fourth-order valence-corrected chi connectivity index (χ4v) is 2.72. The van der Waals surface area contributed by atoms with Crippen molar-refractivity contribution in [1.29, 1.82) is 0 Å². The number of ether oxygens (including phenoxy) is 1. The lowest BCUT2D eigenvalue weighted by Gasteiger charge is -2.14. The van der Waals surface area contributed by atoms with Crippen molar-refractivity contribution in [1.82, 2.24) is 4.90 Å². The smallest absolute Gasteiger partial charge is 0.176 e. The van der Waals surface area contributed by atoms with Crippen molar-refractivity contribution in [2.45, 2.75) is 6.42 Å². The van der Waals surface area contributed by atoms with E-state index in [1.165, 1.54) is 0 Å². The minimum atomic E-state index is 0.212. The van der Waals surface area contributed by atoms with E-state index >= 15 is 0 Å². The molecular weight excluding hydrogens is 341 g/mol. The maximum absolute atomic E-state index is 12.1. The monoisotopic (exact) mass is 359 g/mol. The summed E-state index contributed by atoms with van der Waals surface area (Å²) >= 11 is 2.25. The molecule has 1 aromatic rings. The topological polar surface area (TPSA) is 29.5 Å². The Balaban J connectivity index is 1.87. The molecule has 1 heterocycles. The maximum atomic E-state index is 12.1. The van der Waals surface area contributed by atoms with Crippen molar-refractivity contribution in [3.05, 3.63) is 33.4 Å². The predicted molar refractivity (Wildman–Crippen MR) is 79.9 cm³/mol. The minimum absolute atomic E-state index is 0.212. The molecule has 0 aliphatic carbocycles. The van der Waals surface area contributed by atoms with Crippen LogP contribution in [0.15, 0.2) is 24.3 Å². The third-order valence-electron chi connectivity index (χ3n) is 3.31. The summed E-state index contributed by atoms with van der Waals surface area (Å²) in [5.41, 5.74) is 0.811. The molecule has 1 atom stereocenters. The van der Waals surface area contributed by atoms with Crippen LogP contribution in [0.4, 0.5) is 0 Å². The zero-order valence-electron chi connectivity index (χ0n) is 10.6. The van der Waals surface area contributed by atoms with Crippen LogP contribution < -0.4 is 0 Å². The van der Waals surface area contributed by atoms with E-state index in [4.69, 9.17) is 4.74 Å². The molecule has 0 saturated carbocycles. The maximum Gasteiger partial charge on any atom is 0.176 e. The second kappa shape index (κ2) is 6.63. The van der Waals surface area contributed by atoms with Crippen LogP contribution in [0.25, 0.3) is 0 Å². The van der Waals surface area contributed by atoms with Crippen LogP contribution in [0.1, 0.15) is 16.8 Å². The predicted octanol–water partition coefficient (Wildman–Crippen LogP) is 2.44. The Morgan fingerprint density at radius 3 is 2.83 bits per heavy atom. The highest BCUT2D eigenvalue weighted by Gasteiger charge is 2.24. The van der Waals surface area contributed by atoms with Gasteiger partial charge in [0.15, 0.2) is 5.78 Å². The average molecular weight is 359 g/mol. The van der Waals surface area contributed by atoms with Crippen LogP contribution in [0.3, 0.4) is 0 Å². The van der Waals surface area contributed by atoms with Crippen molar-refractivity contribution in [2.75, 3.05) is 33.4 Å². The summed E-state index contributed by atoms with van der Waals surface area (Å²) in [6.45, 7) is 3.31. The van der Waals surface area contributed by atoms with Crippen molar-refractivity contribution >= 4 is 28.4 Å². The molecule has 1 fully saturated rings. The Morgan fingerprint density at radius 2 is 2.17 bits per heavy atom. The van der Waals surface area contributed by atoms with E-state index in [0.717, 1.165) is 35.3 Å². The molecule has 0 N–H and O–H groups in total. The number of hydrogen-bond acceptors (Lipinski definition) is 3. The largest absolute Gasteiger partial charge is 0.384 e. The number of Topliss-reactive ketones (excluding diaryl/α,β-unsaturated/α-hetero) is 1. The quantitative estimate of drug-likeness (QED) is 0.598. The van der Waals surface area contributed by atoms with Crippen LogP contribution in [-0.4, -0.2) is 44.0 Å². The molecule has 98 valence electrons. The summed E-state index contributed by atoms with van der Waals surface area (Å²) in [6, 6.07) is 7.77. The van der Waals surface area contributed by atoms with Gasteiger partial charge in [0.1, 0.15) is 0 Å². The number of carbonyl (C=O) groups is 1. The van der Waals surface area contributed by atoms with Crippen molar-refractivity contribution in [3.8, 4) is 0 Å². The highest BCUT2D eigenvalue weighted by atomic mass is 127. The number of rotatable bonds is 5. The Morgan fingerprint density at radius 1 is 1.44 bits per heavy atom. The summed E-state index contributed by atoms with van der Waals surface area (Å²) in [5.74, 6) is 0.795. The number of ketones is 1. The molecule has 1 saturated heterocycles. The summed E-state index contributed by atoms with van der Waals surface area (Å²) in [5, 5.41) is 0. The molecule has 0 spiro atoms. The first kappa shape index (κ1) is 14.0. The Labute approximate surface area is 122 Å². The molecule has 1 unspecified atom stereocenters. The van der Waals surface area contributed by atoms with Gasteiger partial charge >= 0.3 is 0 Å². The number of hydrogen-bond donors (Lipinski definition) is 0. The van der Waals surface area contributed by atoms with E-state index in [1.54, 1.807) is 7.11 Å². The second-order valence-electron chi connectivity index (χ2n) is 4.78. The van der Waals surface area contributed by atoms with E-state index in [9.17, 15) is 4.79 Å². The molecule has 0 aromatic heterocycles. The fraction of sp³-hybridized carbons (Fsp3) is 0.500. The number of methoxy groups -OCH3 is 1. The molecule has 1 aromatic carbocycles. The van der Waals surface area contributed by atoms with Crippen molar-refractivity contribution < 1.29 is 9.53 Å². The van der Waals surface area contributed by atoms with Gasteiger partial charge in [-0.05, 0) is 53.6 Å². The highest BCUT2D eigenvalue weighted by molar-refractivity contribution is 14.1. The molecule has 18 heavy (non-hydrogen) atoms. The Kier molecular flexibility index (Phi) is 5.14. The zero-order chi connectivity index (χ0) is 13.0. The normalized spacial score (nSPS) is 20.2. The van der Waals surface area contributed by atoms with Crippen molar-refractivity contribution in [2.24, 2.45) is 5.92 Å². The molecule has 3 nitrogen and oxygen atoms in total. The number of carbonyl (C=O) groups excluding carboxylic acids is 1. The molecule has 0 bridgehead atoms. The third-order valence-corrected chi connectivity index (χ3v) is 4.02. The number of nitrogens with zero attached hydrogens (tertiary/aromatic N) is 1. The first-order chi connectivity index (χ1) is 8.69. The zero-order valence-corrected chi connectivity index (χ0v) is 12.7. The van der Waals surface area contributed by atoms with Gasteiger partial charge < -0.3 is 4.74 Å². The summed E-state index contributed by atoms with van der Waals surface area (Å²) in [6.07, 6.45) is 1.13. The molecule has 0 radical (unpaired) electrons.